The van der Waals surface area contributed by atoms with Gasteiger partial charge in [-0.05, 0) is 42.3 Å². The van der Waals surface area contributed by atoms with E-state index in [2.05, 4.69) is 5.32 Å². The van der Waals surface area contributed by atoms with Crippen LogP contribution in [-0.2, 0) is 22.7 Å². The van der Waals surface area contributed by atoms with Gasteiger partial charge in [0.1, 0.15) is 6.04 Å². The largest absolute Gasteiger partial charge is 0.350 e. The Morgan fingerprint density at radius 1 is 1.04 bits per heavy atom. The molecule has 1 N–H and O–H groups in total. The van der Waals surface area contributed by atoms with Crippen LogP contribution in [0.15, 0.2) is 42.5 Å². The van der Waals surface area contributed by atoms with Crippen molar-refractivity contribution in [3.8, 4) is 0 Å². The number of carbonyl (C=O) groups excluding carboxylic acids is 2. The minimum Gasteiger partial charge on any atom is -0.350 e. The maximum atomic E-state index is 12.5. The molecule has 0 spiro atoms. The summed E-state index contributed by atoms with van der Waals surface area (Å²) in [5, 5.41) is 4.44. The van der Waals surface area contributed by atoms with Gasteiger partial charge < -0.3 is 10.2 Å². The molecule has 0 bridgehead atoms. The van der Waals surface area contributed by atoms with Crippen LogP contribution in [0.4, 0.5) is 0 Å². The first-order valence-electron chi connectivity index (χ1n) is 8.01. The quantitative estimate of drug-likeness (QED) is 0.746. The fraction of sp³-hybridized carbons (Fsp3) is 0.263. The summed E-state index contributed by atoms with van der Waals surface area (Å²) >= 11 is 17.9. The number of rotatable bonds is 6. The normalized spacial score (nSPS) is 11.7. The van der Waals surface area contributed by atoms with Gasteiger partial charge in [0.25, 0.3) is 0 Å². The molecule has 0 radical (unpaired) electrons. The van der Waals surface area contributed by atoms with E-state index < -0.39 is 6.04 Å². The minimum atomic E-state index is -0.630. The highest BCUT2D eigenvalue weighted by Gasteiger charge is 2.23. The van der Waals surface area contributed by atoms with Crippen molar-refractivity contribution in [1.29, 1.82) is 0 Å². The molecular weight excluding hydrogens is 395 g/mol. The number of hydrogen-bond acceptors (Lipinski definition) is 2. The number of hydrogen-bond donors (Lipinski definition) is 1. The molecule has 0 aliphatic heterocycles. The second-order valence-corrected chi connectivity index (χ2v) is 7.18. The molecule has 2 amide bonds. The average molecular weight is 414 g/mol. The maximum Gasteiger partial charge on any atom is 0.242 e. The zero-order valence-corrected chi connectivity index (χ0v) is 16.7. The summed E-state index contributed by atoms with van der Waals surface area (Å²) in [6.07, 6.45) is 0. The standard InChI is InChI=1S/C19H19Cl3N2O2/c1-12(19(26)23-10-15-5-8-17(21)9-18(15)22)24(13(2)25)11-14-3-6-16(20)7-4-14/h3-9,12H,10-11H2,1-2H3,(H,23,26). The molecule has 0 aromatic heterocycles. The summed E-state index contributed by atoms with van der Waals surface area (Å²) in [6, 6.07) is 11.6. The fourth-order valence-electron chi connectivity index (χ4n) is 2.44. The highest BCUT2D eigenvalue weighted by molar-refractivity contribution is 6.35. The smallest absolute Gasteiger partial charge is 0.242 e. The second kappa shape index (κ2) is 9.26. The minimum absolute atomic E-state index is 0.188. The van der Waals surface area contributed by atoms with Crippen molar-refractivity contribution >= 4 is 46.6 Å². The van der Waals surface area contributed by atoms with E-state index in [4.69, 9.17) is 34.8 Å². The Morgan fingerprint density at radius 3 is 2.23 bits per heavy atom. The number of nitrogens with zero attached hydrogens (tertiary/aromatic N) is 1. The Balaban J connectivity index is 2.02. The molecule has 0 aliphatic carbocycles. The van der Waals surface area contributed by atoms with Crippen LogP contribution >= 0.6 is 34.8 Å². The molecule has 4 nitrogen and oxygen atoms in total. The Bertz CT molecular complexity index is 794. The van der Waals surface area contributed by atoms with Crippen LogP contribution in [0, 0.1) is 0 Å². The summed E-state index contributed by atoms with van der Waals surface area (Å²) in [4.78, 5) is 26.0. The highest BCUT2D eigenvalue weighted by atomic mass is 35.5. The number of halogens is 3. The maximum absolute atomic E-state index is 12.5. The average Bonchev–Trinajstić information content (AvgIpc) is 2.59. The lowest BCUT2D eigenvalue weighted by atomic mass is 10.1. The lowest BCUT2D eigenvalue weighted by molar-refractivity contribution is -0.139. The summed E-state index contributed by atoms with van der Waals surface area (Å²) in [5.74, 6) is -0.452. The first-order chi connectivity index (χ1) is 12.3. The van der Waals surface area contributed by atoms with Crippen molar-refractivity contribution in [1.82, 2.24) is 10.2 Å². The van der Waals surface area contributed by atoms with Crippen LogP contribution < -0.4 is 5.32 Å². The van der Waals surface area contributed by atoms with Gasteiger partial charge in [-0.3, -0.25) is 9.59 Å². The first-order valence-corrected chi connectivity index (χ1v) is 9.14. The molecule has 1 unspecified atom stereocenters. The molecule has 0 saturated carbocycles. The van der Waals surface area contributed by atoms with E-state index in [0.29, 0.717) is 21.6 Å². The molecule has 2 aromatic carbocycles. The van der Waals surface area contributed by atoms with E-state index in [1.807, 2.05) is 12.1 Å². The molecule has 1 atom stereocenters. The van der Waals surface area contributed by atoms with Crippen molar-refractivity contribution in [3.05, 3.63) is 68.7 Å². The Kier molecular flexibility index (Phi) is 7.33. The summed E-state index contributed by atoms with van der Waals surface area (Å²) in [6.45, 7) is 3.71. The molecule has 2 rings (SSSR count). The van der Waals surface area contributed by atoms with Crippen molar-refractivity contribution in [2.75, 3.05) is 0 Å². The number of benzene rings is 2. The third kappa shape index (κ3) is 5.63. The van der Waals surface area contributed by atoms with Crippen LogP contribution in [0.3, 0.4) is 0 Å². The topological polar surface area (TPSA) is 49.4 Å². The van der Waals surface area contributed by atoms with Crippen molar-refractivity contribution in [2.24, 2.45) is 0 Å². The van der Waals surface area contributed by atoms with Crippen LogP contribution in [-0.4, -0.2) is 22.8 Å². The lowest BCUT2D eigenvalue weighted by Gasteiger charge is -2.27. The molecule has 2 aromatic rings. The van der Waals surface area contributed by atoms with Crippen molar-refractivity contribution in [2.45, 2.75) is 33.0 Å². The third-order valence-electron chi connectivity index (χ3n) is 3.99. The molecule has 0 aliphatic rings. The van der Waals surface area contributed by atoms with Crippen molar-refractivity contribution < 1.29 is 9.59 Å². The van der Waals surface area contributed by atoms with Gasteiger partial charge in [0, 0.05) is 35.1 Å². The van der Waals surface area contributed by atoms with Crippen LogP contribution in [0.25, 0.3) is 0 Å². The number of amides is 2. The fourth-order valence-corrected chi connectivity index (χ4v) is 3.05. The number of carbonyl (C=O) groups is 2. The van der Waals surface area contributed by atoms with Gasteiger partial charge >= 0.3 is 0 Å². The Morgan fingerprint density at radius 2 is 1.65 bits per heavy atom. The van der Waals surface area contributed by atoms with Crippen LogP contribution in [0.2, 0.25) is 15.1 Å². The zero-order valence-electron chi connectivity index (χ0n) is 14.4. The van der Waals surface area contributed by atoms with E-state index >= 15 is 0 Å². The Hall–Kier alpha value is -1.75. The van der Waals surface area contributed by atoms with Crippen molar-refractivity contribution in [3.63, 3.8) is 0 Å². The summed E-state index contributed by atoms with van der Waals surface area (Å²) < 4.78 is 0. The van der Waals surface area contributed by atoms with Gasteiger partial charge in [-0.25, -0.2) is 0 Å². The predicted octanol–water partition coefficient (Wildman–Crippen LogP) is 4.70. The van der Waals surface area contributed by atoms with Gasteiger partial charge in [-0.15, -0.1) is 0 Å². The van der Waals surface area contributed by atoms with E-state index in [1.165, 1.54) is 11.8 Å². The SMILES string of the molecule is CC(=O)N(Cc1ccc(Cl)cc1)C(C)C(=O)NCc1ccc(Cl)cc1Cl. The molecule has 0 fully saturated rings. The van der Waals surface area contributed by atoms with Gasteiger partial charge in [0.2, 0.25) is 11.8 Å². The Labute approximate surface area is 168 Å². The monoisotopic (exact) mass is 412 g/mol. The van der Waals surface area contributed by atoms with Crippen LogP contribution in [0.5, 0.6) is 0 Å². The van der Waals surface area contributed by atoms with Gasteiger partial charge in [-0.1, -0.05) is 53.0 Å². The molecule has 0 saturated heterocycles. The van der Waals surface area contributed by atoms with Gasteiger partial charge in [0.15, 0.2) is 0 Å². The van der Waals surface area contributed by atoms with Gasteiger partial charge in [-0.2, -0.15) is 0 Å². The van der Waals surface area contributed by atoms with E-state index in [-0.39, 0.29) is 18.4 Å². The third-order valence-corrected chi connectivity index (χ3v) is 4.82. The molecule has 26 heavy (non-hydrogen) atoms. The van der Waals surface area contributed by atoms with Crippen LogP contribution in [0.1, 0.15) is 25.0 Å². The first kappa shape index (κ1) is 20.6. The molecular formula is C19H19Cl3N2O2. The van der Waals surface area contributed by atoms with Gasteiger partial charge in [0.05, 0.1) is 0 Å². The molecule has 7 heteroatoms. The van der Waals surface area contributed by atoms with E-state index in [1.54, 1.807) is 37.3 Å². The zero-order chi connectivity index (χ0) is 19.3. The van der Waals surface area contributed by atoms with E-state index in [0.717, 1.165) is 11.1 Å². The molecule has 0 heterocycles. The summed E-state index contributed by atoms with van der Waals surface area (Å²) in [7, 11) is 0. The van der Waals surface area contributed by atoms with E-state index in [9.17, 15) is 9.59 Å². The second-order valence-electron chi connectivity index (χ2n) is 5.90. The molecule has 138 valence electrons. The summed E-state index contributed by atoms with van der Waals surface area (Å²) in [5.41, 5.74) is 1.65. The lowest BCUT2D eigenvalue weighted by Crippen LogP contribution is -2.46. The predicted molar refractivity (Wildman–Crippen MR) is 105 cm³/mol. The number of nitrogens with one attached hydrogen (secondary N) is 1. The highest BCUT2D eigenvalue weighted by Crippen LogP contribution is 2.21.